The van der Waals surface area contributed by atoms with E-state index in [1.165, 1.54) is 6.92 Å². The predicted molar refractivity (Wildman–Crippen MR) is 90.7 cm³/mol. The van der Waals surface area contributed by atoms with Gasteiger partial charge in [-0.2, -0.15) is 0 Å². The molecule has 0 bridgehead atoms. The molecule has 0 aliphatic rings. The minimum absolute atomic E-state index is 0.175. The van der Waals surface area contributed by atoms with Crippen molar-refractivity contribution in [3.8, 4) is 0 Å². The molecule has 0 aliphatic carbocycles. The van der Waals surface area contributed by atoms with Crippen molar-refractivity contribution in [2.24, 2.45) is 0 Å². The third-order valence-electron chi connectivity index (χ3n) is 3.68. The van der Waals surface area contributed by atoms with E-state index >= 15 is 0 Å². The van der Waals surface area contributed by atoms with Gasteiger partial charge in [0.1, 0.15) is 5.78 Å². The molecule has 0 amide bonds. The fourth-order valence-electron chi connectivity index (χ4n) is 2.27. The zero-order valence-corrected chi connectivity index (χ0v) is 14.1. The summed E-state index contributed by atoms with van der Waals surface area (Å²) in [5.41, 5.74) is 2.06. The molecule has 4 nitrogen and oxygen atoms in total. The lowest BCUT2D eigenvalue weighted by Gasteiger charge is -2.16. The number of aryl methyl sites for hydroxylation is 2. The third-order valence-corrected chi connectivity index (χ3v) is 5.17. The van der Waals surface area contributed by atoms with Crippen molar-refractivity contribution < 1.29 is 13.2 Å². The summed E-state index contributed by atoms with van der Waals surface area (Å²) in [4.78, 5) is 12.0. The van der Waals surface area contributed by atoms with E-state index < -0.39 is 16.1 Å². The lowest BCUT2D eigenvalue weighted by atomic mass is 10.0. The van der Waals surface area contributed by atoms with E-state index in [9.17, 15) is 13.2 Å². The number of Topliss-reactive ketones (excluding diaryl/α,β-unsaturated/α-hetero) is 1. The largest absolute Gasteiger partial charge is 0.298 e. The van der Waals surface area contributed by atoms with Crippen molar-refractivity contribution in [2.75, 3.05) is 0 Å². The molecule has 122 valence electrons. The molecule has 0 aromatic heterocycles. The van der Waals surface area contributed by atoms with Gasteiger partial charge in [0.05, 0.1) is 10.9 Å². The Morgan fingerprint density at radius 2 is 1.65 bits per heavy atom. The maximum atomic E-state index is 12.4. The van der Waals surface area contributed by atoms with Gasteiger partial charge in [-0.05, 0) is 44.4 Å². The highest BCUT2D eigenvalue weighted by atomic mass is 32.2. The molecule has 23 heavy (non-hydrogen) atoms. The fraction of sp³-hybridized carbons (Fsp3) is 0.278. The molecule has 0 aliphatic heterocycles. The highest BCUT2D eigenvalue weighted by molar-refractivity contribution is 7.89. The molecule has 0 saturated heterocycles. The molecule has 1 atom stereocenters. The van der Waals surface area contributed by atoms with Crippen LogP contribution >= 0.6 is 0 Å². The molecule has 0 radical (unpaired) electrons. The van der Waals surface area contributed by atoms with Gasteiger partial charge in [-0.1, -0.05) is 48.0 Å². The average Bonchev–Trinajstić information content (AvgIpc) is 2.52. The Hall–Kier alpha value is -1.98. The Labute approximate surface area is 137 Å². The van der Waals surface area contributed by atoms with Crippen LogP contribution in [0.3, 0.4) is 0 Å². The summed E-state index contributed by atoms with van der Waals surface area (Å²) in [5.74, 6) is -0.184. The number of carbonyl (C=O) groups is 1. The van der Waals surface area contributed by atoms with Gasteiger partial charge in [-0.15, -0.1) is 0 Å². The van der Waals surface area contributed by atoms with Gasteiger partial charge < -0.3 is 0 Å². The number of hydrogen-bond acceptors (Lipinski definition) is 3. The van der Waals surface area contributed by atoms with Crippen LogP contribution in [0.5, 0.6) is 0 Å². The predicted octanol–water partition coefficient (Wildman–Crippen LogP) is 2.86. The molecule has 1 N–H and O–H groups in total. The quantitative estimate of drug-likeness (QED) is 0.848. The number of ketones is 1. The van der Waals surface area contributed by atoms with E-state index in [1.807, 2.05) is 37.3 Å². The number of hydrogen-bond donors (Lipinski definition) is 1. The first kappa shape index (κ1) is 17.4. The summed E-state index contributed by atoms with van der Waals surface area (Å²) in [5, 5.41) is 0. The number of benzene rings is 2. The van der Waals surface area contributed by atoms with Crippen LogP contribution in [0.4, 0.5) is 0 Å². The van der Waals surface area contributed by atoms with Crippen molar-refractivity contribution in [3.63, 3.8) is 0 Å². The third kappa shape index (κ3) is 5.01. The van der Waals surface area contributed by atoms with Gasteiger partial charge in [0.25, 0.3) is 0 Å². The smallest absolute Gasteiger partial charge is 0.241 e. The maximum absolute atomic E-state index is 12.4. The summed E-state index contributed by atoms with van der Waals surface area (Å²) in [7, 11) is -3.70. The Morgan fingerprint density at radius 1 is 1.04 bits per heavy atom. The second-order valence-electron chi connectivity index (χ2n) is 5.62. The highest BCUT2D eigenvalue weighted by Gasteiger charge is 2.23. The van der Waals surface area contributed by atoms with Crippen LogP contribution < -0.4 is 4.72 Å². The molecule has 2 aromatic rings. The highest BCUT2D eigenvalue weighted by Crippen LogP contribution is 2.13. The number of carbonyl (C=O) groups excluding carboxylic acids is 1. The minimum Gasteiger partial charge on any atom is -0.298 e. The standard InChI is InChI=1S/C18H21NO3S/c1-14-8-11-17(12-9-14)23(21,22)19-18(15(2)20)13-10-16-6-4-3-5-7-16/h3-9,11-12,18-19H,10,13H2,1-2H3/t18-/m0/s1. The van der Waals surface area contributed by atoms with Crippen LogP contribution in [-0.4, -0.2) is 20.2 Å². The first-order valence-electron chi connectivity index (χ1n) is 7.52. The van der Waals surface area contributed by atoms with E-state index in [1.54, 1.807) is 24.3 Å². The van der Waals surface area contributed by atoms with E-state index in [4.69, 9.17) is 0 Å². The second kappa shape index (κ2) is 7.53. The van der Waals surface area contributed by atoms with Crippen molar-refractivity contribution >= 4 is 15.8 Å². The van der Waals surface area contributed by atoms with Gasteiger partial charge in [0, 0.05) is 0 Å². The monoisotopic (exact) mass is 331 g/mol. The summed E-state index contributed by atoms with van der Waals surface area (Å²) in [6, 6.07) is 15.6. The minimum atomic E-state index is -3.70. The summed E-state index contributed by atoms with van der Waals surface area (Å²) in [6.07, 6.45) is 1.08. The molecule has 0 fully saturated rings. The van der Waals surface area contributed by atoms with Crippen LogP contribution in [-0.2, 0) is 21.2 Å². The van der Waals surface area contributed by atoms with Crippen molar-refractivity contribution in [2.45, 2.75) is 37.6 Å². The fourth-order valence-corrected chi connectivity index (χ4v) is 3.56. The Kier molecular flexibility index (Phi) is 5.69. The van der Waals surface area contributed by atoms with Crippen LogP contribution in [0.25, 0.3) is 0 Å². The van der Waals surface area contributed by atoms with Gasteiger partial charge >= 0.3 is 0 Å². The normalized spacial score (nSPS) is 12.8. The van der Waals surface area contributed by atoms with Gasteiger partial charge in [0.2, 0.25) is 10.0 Å². The summed E-state index contributed by atoms with van der Waals surface area (Å²) < 4.78 is 27.3. The van der Waals surface area contributed by atoms with Crippen molar-refractivity contribution in [1.82, 2.24) is 4.72 Å². The molecular formula is C18H21NO3S. The van der Waals surface area contributed by atoms with E-state index in [0.29, 0.717) is 12.8 Å². The molecule has 0 heterocycles. The van der Waals surface area contributed by atoms with E-state index in [-0.39, 0.29) is 10.7 Å². The second-order valence-corrected chi connectivity index (χ2v) is 7.34. The van der Waals surface area contributed by atoms with E-state index in [2.05, 4.69) is 4.72 Å². The van der Waals surface area contributed by atoms with Gasteiger partial charge in [0.15, 0.2) is 0 Å². The molecule has 0 saturated carbocycles. The first-order valence-corrected chi connectivity index (χ1v) is 9.00. The lowest BCUT2D eigenvalue weighted by molar-refractivity contribution is -0.118. The maximum Gasteiger partial charge on any atom is 0.241 e. The van der Waals surface area contributed by atoms with Crippen LogP contribution in [0.2, 0.25) is 0 Å². The molecule has 5 heteroatoms. The van der Waals surface area contributed by atoms with Gasteiger partial charge in [-0.3, -0.25) is 4.79 Å². The topological polar surface area (TPSA) is 63.2 Å². The average molecular weight is 331 g/mol. The molecule has 2 rings (SSSR count). The number of rotatable bonds is 7. The Bertz CT molecular complexity index is 753. The van der Waals surface area contributed by atoms with Crippen molar-refractivity contribution in [3.05, 3.63) is 65.7 Å². The van der Waals surface area contributed by atoms with Crippen molar-refractivity contribution in [1.29, 1.82) is 0 Å². The SMILES string of the molecule is CC(=O)[C@H](CCc1ccccc1)NS(=O)(=O)c1ccc(C)cc1. The Balaban J connectivity index is 2.09. The molecule has 2 aromatic carbocycles. The summed E-state index contributed by atoms with van der Waals surface area (Å²) >= 11 is 0. The van der Waals surface area contributed by atoms with Crippen LogP contribution in [0.15, 0.2) is 59.5 Å². The summed E-state index contributed by atoms with van der Waals surface area (Å²) in [6.45, 7) is 3.30. The molecule has 0 spiro atoms. The lowest BCUT2D eigenvalue weighted by Crippen LogP contribution is -2.40. The van der Waals surface area contributed by atoms with E-state index in [0.717, 1.165) is 11.1 Å². The van der Waals surface area contributed by atoms with Gasteiger partial charge in [-0.25, -0.2) is 13.1 Å². The zero-order valence-electron chi connectivity index (χ0n) is 13.3. The first-order chi connectivity index (χ1) is 10.9. The number of sulfonamides is 1. The molecule has 0 unspecified atom stereocenters. The van der Waals surface area contributed by atoms with Crippen LogP contribution in [0, 0.1) is 6.92 Å². The zero-order chi connectivity index (χ0) is 16.9. The Morgan fingerprint density at radius 3 is 2.22 bits per heavy atom. The van der Waals surface area contributed by atoms with Crippen LogP contribution in [0.1, 0.15) is 24.5 Å². The molecular weight excluding hydrogens is 310 g/mol. The number of nitrogens with one attached hydrogen (secondary N) is 1.